The van der Waals surface area contributed by atoms with Gasteiger partial charge in [0.15, 0.2) is 23.3 Å². The van der Waals surface area contributed by atoms with Crippen molar-refractivity contribution in [1.29, 1.82) is 0 Å². The molecule has 0 aliphatic rings. The monoisotopic (exact) mass is 255 g/mol. The molecule has 0 aliphatic carbocycles. The van der Waals surface area contributed by atoms with Gasteiger partial charge in [0.1, 0.15) is 0 Å². The Morgan fingerprint density at radius 3 is 1.44 bits per heavy atom. The molecule has 1 rings (SSSR count). The second-order valence-electron chi connectivity index (χ2n) is 2.33. The van der Waals surface area contributed by atoms with Crippen LogP contribution in [0, 0.1) is 41.4 Å². The van der Waals surface area contributed by atoms with E-state index in [1.54, 1.807) is 0 Å². The van der Waals surface area contributed by atoms with E-state index in [4.69, 9.17) is 5.73 Å². The molecule has 7 heteroatoms. The Morgan fingerprint density at radius 1 is 0.938 bits per heavy atom. The van der Waals surface area contributed by atoms with Crippen LogP contribution >= 0.6 is 12.6 Å². The molecule has 0 aromatic heterocycles. The maximum absolute atomic E-state index is 12.3. The zero-order valence-electron chi connectivity index (χ0n) is 7.70. The van der Waals surface area contributed by atoms with Crippen LogP contribution in [0.4, 0.5) is 22.0 Å². The maximum Gasteiger partial charge on any atom is 0.200 e. The summed E-state index contributed by atoms with van der Waals surface area (Å²) in [6.45, 7) is 0.347. The van der Waals surface area contributed by atoms with E-state index in [-0.39, 0.29) is 0 Å². The van der Waals surface area contributed by atoms with Crippen LogP contribution in [-0.4, -0.2) is 6.54 Å². The first-order chi connectivity index (χ1) is 7.38. The first-order valence-corrected chi connectivity index (χ1v) is 4.17. The largest absolute Gasteiger partial charge is 0.320 e. The Hall–Kier alpha value is -1.26. The van der Waals surface area contributed by atoms with Crippen molar-refractivity contribution in [2.75, 3.05) is 6.54 Å². The Kier molecular flexibility index (Phi) is 5.85. The zero-order valence-corrected chi connectivity index (χ0v) is 8.59. The van der Waals surface area contributed by atoms with E-state index in [2.05, 4.69) is 25.0 Å². The van der Waals surface area contributed by atoms with Crippen molar-refractivity contribution in [3.05, 3.63) is 29.1 Å². The van der Waals surface area contributed by atoms with Gasteiger partial charge in [-0.1, -0.05) is 5.92 Å². The smallest absolute Gasteiger partial charge is 0.200 e. The van der Waals surface area contributed by atoms with E-state index < -0.39 is 34.0 Å². The Balaban J connectivity index is 0.000000487. The van der Waals surface area contributed by atoms with Crippen LogP contribution < -0.4 is 5.73 Å². The molecule has 0 bridgehead atoms. The van der Waals surface area contributed by atoms with Gasteiger partial charge in [0.2, 0.25) is 5.82 Å². The molecule has 0 amide bonds. The van der Waals surface area contributed by atoms with Crippen LogP contribution in [-0.2, 0) is 0 Å². The highest BCUT2D eigenvalue weighted by Crippen LogP contribution is 2.24. The van der Waals surface area contributed by atoms with Crippen LogP contribution in [0.15, 0.2) is 4.90 Å². The number of hydrogen-bond donors (Lipinski definition) is 2. The molecule has 2 N–H and O–H groups in total. The van der Waals surface area contributed by atoms with E-state index in [0.29, 0.717) is 6.54 Å². The summed E-state index contributed by atoms with van der Waals surface area (Å²) < 4.78 is 61.3. The summed E-state index contributed by atoms with van der Waals surface area (Å²) in [4.78, 5) is -1.17. The molecular formula is C9H6F5NS. The molecule has 1 aromatic rings. The average molecular weight is 255 g/mol. The fourth-order valence-corrected chi connectivity index (χ4v) is 0.790. The van der Waals surface area contributed by atoms with Gasteiger partial charge in [0, 0.05) is 0 Å². The van der Waals surface area contributed by atoms with Crippen LogP contribution in [0.25, 0.3) is 0 Å². The predicted molar refractivity (Wildman–Crippen MR) is 51.4 cm³/mol. The minimum atomic E-state index is -2.18. The van der Waals surface area contributed by atoms with Gasteiger partial charge in [0.25, 0.3) is 0 Å². The third-order valence-corrected chi connectivity index (χ3v) is 1.70. The summed E-state index contributed by atoms with van der Waals surface area (Å²) in [6, 6.07) is 0. The number of thiol groups is 1. The lowest BCUT2D eigenvalue weighted by Gasteiger charge is -2.01. The number of benzene rings is 1. The zero-order chi connectivity index (χ0) is 12.9. The molecule has 1 aromatic carbocycles. The summed E-state index contributed by atoms with van der Waals surface area (Å²) in [5, 5.41) is 0. The van der Waals surface area contributed by atoms with E-state index >= 15 is 0 Å². The third-order valence-electron chi connectivity index (χ3n) is 1.30. The first kappa shape index (κ1) is 14.7. The fourth-order valence-electron chi connectivity index (χ4n) is 0.593. The van der Waals surface area contributed by atoms with E-state index in [0.717, 1.165) is 0 Å². The minimum absolute atomic E-state index is 0.347. The van der Waals surface area contributed by atoms with Crippen molar-refractivity contribution < 1.29 is 22.0 Å². The minimum Gasteiger partial charge on any atom is -0.320 e. The maximum atomic E-state index is 12.3. The van der Waals surface area contributed by atoms with Gasteiger partial charge >= 0.3 is 0 Å². The fraction of sp³-hybridized carbons (Fsp3) is 0.111. The van der Waals surface area contributed by atoms with Crippen LogP contribution in [0.1, 0.15) is 0 Å². The summed E-state index contributed by atoms with van der Waals surface area (Å²) in [5.41, 5.74) is 4.79. The van der Waals surface area contributed by atoms with Crippen molar-refractivity contribution in [2.24, 2.45) is 5.73 Å². The molecular weight excluding hydrogens is 249 g/mol. The third kappa shape index (κ3) is 3.12. The van der Waals surface area contributed by atoms with E-state index in [1.165, 1.54) is 0 Å². The van der Waals surface area contributed by atoms with Gasteiger partial charge in [0.05, 0.1) is 11.4 Å². The van der Waals surface area contributed by atoms with E-state index in [9.17, 15) is 22.0 Å². The number of rotatable bonds is 0. The normalized spacial score (nSPS) is 9.12. The van der Waals surface area contributed by atoms with Gasteiger partial charge < -0.3 is 5.73 Å². The van der Waals surface area contributed by atoms with Crippen molar-refractivity contribution in [3.8, 4) is 12.3 Å². The first-order valence-electron chi connectivity index (χ1n) is 3.72. The molecule has 16 heavy (non-hydrogen) atoms. The topological polar surface area (TPSA) is 26.0 Å². The van der Waals surface area contributed by atoms with Gasteiger partial charge in [-0.2, -0.15) is 0 Å². The van der Waals surface area contributed by atoms with Gasteiger partial charge in [-0.25, -0.2) is 22.0 Å². The van der Waals surface area contributed by atoms with Gasteiger partial charge in [-0.05, 0) is 0 Å². The SMILES string of the molecule is C#CCN.Fc1c(F)c(F)c(S)c(F)c1F. The predicted octanol–water partition coefficient (Wildman–Crippen LogP) is 2.25. The molecule has 0 unspecified atom stereocenters. The second-order valence-corrected chi connectivity index (χ2v) is 2.77. The molecule has 0 spiro atoms. The Morgan fingerprint density at radius 2 is 1.19 bits per heavy atom. The number of hydrogen-bond acceptors (Lipinski definition) is 2. The number of nitrogens with two attached hydrogens (primary N) is 1. The van der Waals surface area contributed by atoms with Crippen molar-refractivity contribution >= 4 is 12.6 Å². The lowest BCUT2D eigenvalue weighted by atomic mass is 10.3. The number of halogens is 5. The highest BCUT2D eigenvalue weighted by atomic mass is 32.1. The van der Waals surface area contributed by atoms with Crippen molar-refractivity contribution in [1.82, 2.24) is 0 Å². The summed E-state index contributed by atoms with van der Waals surface area (Å²) in [6.07, 6.45) is 4.65. The summed E-state index contributed by atoms with van der Waals surface area (Å²) in [5.74, 6) is -7.79. The summed E-state index contributed by atoms with van der Waals surface area (Å²) in [7, 11) is 0. The van der Waals surface area contributed by atoms with E-state index in [1.807, 2.05) is 0 Å². The highest BCUT2D eigenvalue weighted by Gasteiger charge is 2.23. The van der Waals surface area contributed by atoms with Crippen molar-refractivity contribution in [3.63, 3.8) is 0 Å². The van der Waals surface area contributed by atoms with Crippen LogP contribution in [0.5, 0.6) is 0 Å². The Labute approximate surface area is 93.9 Å². The molecule has 0 saturated carbocycles. The van der Waals surface area contributed by atoms with Crippen molar-refractivity contribution in [2.45, 2.75) is 4.90 Å². The summed E-state index contributed by atoms with van der Waals surface area (Å²) >= 11 is 3.10. The molecule has 0 saturated heterocycles. The lowest BCUT2D eigenvalue weighted by Crippen LogP contribution is -2.01. The molecule has 1 nitrogen and oxygen atoms in total. The Bertz CT molecular complexity index is 322. The molecule has 88 valence electrons. The van der Waals surface area contributed by atoms with Crippen LogP contribution in [0.3, 0.4) is 0 Å². The van der Waals surface area contributed by atoms with Gasteiger partial charge in [-0.3, -0.25) is 0 Å². The average Bonchev–Trinajstić information content (AvgIpc) is 2.31. The molecule has 0 fully saturated rings. The lowest BCUT2D eigenvalue weighted by molar-refractivity contribution is 0.361. The molecule has 0 atom stereocenters. The molecule has 0 heterocycles. The quantitative estimate of drug-likeness (QED) is 0.240. The van der Waals surface area contributed by atoms with Gasteiger partial charge in [-0.15, -0.1) is 19.1 Å². The molecule has 0 radical (unpaired) electrons. The standard InChI is InChI=1S/C6HF5S.C3H5N/c7-1-2(8)4(10)6(12)5(11)3(1)9;1-2-3-4/h12H;1H,3-4H2. The van der Waals surface area contributed by atoms with Crippen LogP contribution in [0.2, 0.25) is 0 Å². The highest BCUT2D eigenvalue weighted by molar-refractivity contribution is 7.80. The second kappa shape index (κ2) is 6.35. The number of terminal acetylenes is 1. The molecule has 0 aliphatic heterocycles.